The Morgan fingerprint density at radius 2 is 1.73 bits per heavy atom. The van der Waals surface area contributed by atoms with E-state index < -0.39 is 17.3 Å². The summed E-state index contributed by atoms with van der Waals surface area (Å²) in [7, 11) is 0. The Hall–Kier alpha value is -1.10. The molecule has 0 aliphatic rings. The number of hydrogen-bond acceptors (Lipinski definition) is 3. The van der Waals surface area contributed by atoms with Gasteiger partial charge in [-0.25, -0.2) is 0 Å². The molecule has 1 unspecified atom stereocenters. The molecule has 0 heterocycles. The summed E-state index contributed by atoms with van der Waals surface area (Å²) < 4.78 is 0. The normalized spacial score (nSPS) is 14.5. The molecule has 0 saturated heterocycles. The number of carbonyl (C=O) groups excluding carboxylic acids is 1. The molecule has 0 aromatic heterocycles. The molecule has 0 rings (SSSR count). The van der Waals surface area contributed by atoms with Crippen LogP contribution in [0.5, 0.6) is 0 Å². The van der Waals surface area contributed by atoms with E-state index in [9.17, 15) is 9.59 Å². The van der Waals surface area contributed by atoms with Crippen molar-refractivity contribution in [2.75, 3.05) is 6.61 Å². The van der Waals surface area contributed by atoms with Gasteiger partial charge in [-0.15, -0.1) is 0 Å². The number of carbonyl (C=O) groups is 2. The molecule has 1 amide bonds. The lowest BCUT2D eigenvalue weighted by Crippen LogP contribution is -2.41. The van der Waals surface area contributed by atoms with E-state index in [1.165, 1.54) is 6.92 Å². The monoisotopic (exact) mass is 217 g/mol. The fourth-order valence-corrected chi connectivity index (χ4v) is 1.28. The lowest BCUT2D eigenvalue weighted by molar-refractivity contribution is -0.154. The Kier molecular flexibility index (Phi) is 5.93. The molecule has 88 valence electrons. The highest BCUT2D eigenvalue weighted by molar-refractivity contribution is 6.00. The van der Waals surface area contributed by atoms with Crippen LogP contribution < -0.4 is 5.73 Å². The van der Waals surface area contributed by atoms with Crippen LogP contribution >= 0.6 is 0 Å². The first-order chi connectivity index (χ1) is 6.95. The number of aliphatic hydroxyl groups is 1. The third kappa shape index (κ3) is 4.29. The minimum Gasteiger partial charge on any atom is -0.480 e. The van der Waals surface area contributed by atoms with E-state index in [-0.39, 0.29) is 13.0 Å². The Morgan fingerprint density at radius 1 is 1.20 bits per heavy atom. The molecule has 0 fully saturated rings. The molecular formula is C10H19NO4. The zero-order valence-corrected chi connectivity index (χ0v) is 9.03. The first kappa shape index (κ1) is 13.9. The van der Waals surface area contributed by atoms with Crippen molar-refractivity contribution in [2.45, 2.75) is 39.0 Å². The molecule has 5 heteroatoms. The van der Waals surface area contributed by atoms with Crippen LogP contribution in [0.3, 0.4) is 0 Å². The van der Waals surface area contributed by atoms with Crippen molar-refractivity contribution in [3.05, 3.63) is 0 Å². The van der Waals surface area contributed by atoms with Gasteiger partial charge in [-0.05, 0) is 19.8 Å². The van der Waals surface area contributed by atoms with Gasteiger partial charge in [0.15, 0.2) is 0 Å². The predicted molar refractivity (Wildman–Crippen MR) is 55.1 cm³/mol. The van der Waals surface area contributed by atoms with Crippen LogP contribution in [0.2, 0.25) is 0 Å². The minimum absolute atomic E-state index is 0.145. The number of aliphatic carboxylic acids is 1. The van der Waals surface area contributed by atoms with E-state index in [2.05, 4.69) is 0 Å². The predicted octanol–water partition coefficient (Wildman–Crippen LogP) is 0.505. The second-order valence-corrected chi connectivity index (χ2v) is 3.89. The smallest absolute Gasteiger partial charge is 0.318 e. The van der Waals surface area contributed by atoms with Crippen LogP contribution in [0, 0.1) is 5.41 Å². The van der Waals surface area contributed by atoms with Gasteiger partial charge in [0.25, 0.3) is 0 Å². The molecule has 15 heavy (non-hydrogen) atoms. The van der Waals surface area contributed by atoms with Gasteiger partial charge >= 0.3 is 5.97 Å². The number of aliphatic hydroxyl groups excluding tert-OH is 1. The average Bonchev–Trinajstić information content (AvgIpc) is 2.16. The van der Waals surface area contributed by atoms with E-state index >= 15 is 0 Å². The number of hydrogen-bond donors (Lipinski definition) is 3. The molecule has 0 aromatic carbocycles. The zero-order valence-electron chi connectivity index (χ0n) is 9.03. The summed E-state index contributed by atoms with van der Waals surface area (Å²) in [5, 5.41) is 17.4. The molecule has 0 saturated carbocycles. The van der Waals surface area contributed by atoms with Crippen LogP contribution in [0.4, 0.5) is 0 Å². The quantitative estimate of drug-likeness (QED) is 0.407. The third-order valence-electron chi connectivity index (χ3n) is 2.60. The second kappa shape index (κ2) is 6.40. The number of amides is 1. The summed E-state index contributed by atoms with van der Waals surface area (Å²) in [5.41, 5.74) is 3.59. The minimum atomic E-state index is -1.46. The number of rotatable bonds is 8. The maximum Gasteiger partial charge on any atom is 0.318 e. The van der Waals surface area contributed by atoms with Gasteiger partial charge in [-0.1, -0.05) is 19.3 Å². The second-order valence-electron chi connectivity index (χ2n) is 3.89. The standard InChI is InChI=1S/C10H19NO4/c1-10(8(11)13,9(14)15)6-4-2-3-5-7-12/h12H,2-7H2,1H3,(H2,11,13)(H,14,15). The topological polar surface area (TPSA) is 101 Å². The molecule has 0 aromatic rings. The van der Waals surface area contributed by atoms with Crippen LogP contribution in [-0.2, 0) is 9.59 Å². The fourth-order valence-electron chi connectivity index (χ4n) is 1.28. The van der Waals surface area contributed by atoms with Gasteiger partial charge in [0.2, 0.25) is 5.91 Å². The van der Waals surface area contributed by atoms with Gasteiger partial charge in [0.1, 0.15) is 5.41 Å². The SMILES string of the molecule is CC(CCCCCCO)(C(N)=O)C(=O)O. The van der Waals surface area contributed by atoms with Crippen LogP contribution in [0.25, 0.3) is 0 Å². The lowest BCUT2D eigenvalue weighted by Gasteiger charge is -2.20. The maximum absolute atomic E-state index is 11.0. The molecule has 0 aliphatic heterocycles. The average molecular weight is 217 g/mol. The van der Waals surface area contributed by atoms with Gasteiger partial charge in [-0.3, -0.25) is 9.59 Å². The van der Waals surface area contributed by atoms with Crippen LogP contribution in [-0.4, -0.2) is 28.7 Å². The van der Waals surface area contributed by atoms with Crippen molar-refractivity contribution < 1.29 is 19.8 Å². The molecule has 0 radical (unpaired) electrons. The maximum atomic E-state index is 11.0. The molecular weight excluding hydrogens is 198 g/mol. The Morgan fingerprint density at radius 3 is 2.13 bits per heavy atom. The molecule has 0 spiro atoms. The lowest BCUT2D eigenvalue weighted by atomic mass is 9.84. The summed E-state index contributed by atoms with van der Waals surface area (Å²) in [4.78, 5) is 21.8. The van der Waals surface area contributed by atoms with Crippen LogP contribution in [0.15, 0.2) is 0 Å². The number of carboxylic acid groups (broad SMARTS) is 1. The molecule has 5 nitrogen and oxygen atoms in total. The first-order valence-electron chi connectivity index (χ1n) is 5.09. The van der Waals surface area contributed by atoms with Gasteiger partial charge in [0, 0.05) is 6.61 Å². The number of primary amides is 1. The van der Waals surface area contributed by atoms with Crippen molar-refractivity contribution in [1.82, 2.24) is 0 Å². The highest BCUT2D eigenvalue weighted by Gasteiger charge is 2.38. The Balaban J connectivity index is 3.99. The van der Waals surface area contributed by atoms with E-state index in [0.717, 1.165) is 12.8 Å². The molecule has 0 bridgehead atoms. The van der Waals surface area contributed by atoms with Gasteiger partial charge in [-0.2, -0.15) is 0 Å². The van der Waals surface area contributed by atoms with Crippen molar-refractivity contribution in [3.8, 4) is 0 Å². The van der Waals surface area contributed by atoms with E-state index in [4.69, 9.17) is 15.9 Å². The summed E-state index contributed by atoms with van der Waals surface area (Å²) in [5.74, 6) is -1.96. The van der Waals surface area contributed by atoms with Crippen molar-refractivity contribution in [2.24, 2.45) is 11.1 Å². The summed E-state index contributed by atoms with van der Waals surface area (Å²) in [6.45, 7) is 1.50. The third-order valence-corrected chi connectivity index (χ3v) is 2.60. The molecule has 1 atom stereocenters. The Labute approximate surface area is 89.3 Å². The van der Waals surface area contributed by atoms with Crippen LogP contribution in [0.1, 0.15) is 39.0 Å². The summed E-state index contributed by atoms with van der Waals surface area (Å²) in [6.07, 6.45) is 3.23. The number of nitrogens with two attached hydrogens (primary N) is 1. The summed E-state index contributed by atoms with van der Waals surface area (Å²) in [6, 6.07) is 0. The van der Waals surface area contributed by atoms with E-state index in [0.29, 0.717) is 12.8 Å². The highest BCUT2D eigenvalue weighted by atomic mass is 16.4. The van der Waals surface area contributed by atoms with Crippen molar-refractivity contribution in [3.63, 3.8) is 0 Å². The van der Waals surface area contributed by atoms with E-state index in [1.54, 1.807) is 0 Å². The fraction of sp³-hybridized carbons (Fsp3) is 0.800. The summed E-state index contributed by atoms with van der Waals surface area (Å²) >= 11 is 0. The van der Waals surface area contributed by atoms with Gasteiger partial charge < -0.3 is 15.9 Å². The van der Waals surface area contributed by atoms with Gasteiger partial charge in [0.05, 0.1) is 0 Å². The Bertz CT molecular complexity index is 213. The molecule has 4 N–H and O–H groups in total. The first-order valence-corrected chi connectivity index (χ1v) is 5.09. The molecule has 0 aliphatic carbocycles. The number of carboxylic acids is 1. The number of unbranched alkanes of at least 4 members (excludes halogenated alkanes) is 3. The zero-order chi connectivity index (χ0) is 11.9. The van der Waals surface area contributed by atoms with E-state index in [1.807, 2.05) is 0 Å². The van der Waals surface area contributed by atoms with Crippen molar-refractivity contribution >= 4 is 11.9 Å². The highest BCUT2D eigenvalue weighted by Crippen LogP contribution is 2.24. The largest absolute Gasteiger partial charge is 0.480 e. The van der Waals surface area contributed by atoms with Crippen molar-refractivity contribution in [1.29, 1.82) is 0 Å².